The first-order valence-electron chi connectivity index (χ1n) is 3.63. The van der Waals surface area contributed by atoms with Crippen molar-refractivity contribution in [3.05, 3.63) is 29.5 Å². The van der Waals surface area contributed by atoms with E-state index in [0.717, 1.165) is 15.6 Å². The molecule has 13 heavy (non-hydrogen) atoms. The molecule has 0 atom stereocenters. The predicted octanol–water partition coefficient (Wildman–Crippen LogP) is 1.70. The highest BCUT2D eigenvalue weighted by Crippen LogP contribution is 2.24. The molecule has 4 nitrogen and oxygen atoms in total. The molecule has 0 saturated heterocycles. The molecule has 5 heteroatoms. The van der Waals surface area contributed by atoms with E-state index in [1.165, 1.54) is 11.3 Å². The maximum atomic E-state index is 5.18. The third-order valence-electron chi connectivity index (χ3n) is 1.46. The number of thiazole rings is 1. The van der Waals surface area contributed by atoms with Gasteiger partial charge >= 0.3 is 0 Å². The molecule has 2 aromatic heterocycles. The van der Waals surface area contributed by atoms with Crippen molar-refractivity contribution in [1.29, 1.82) is 0 Å². The number of nitrogens with zero attached hydrogens (tertiary/aromatic N) is 2. The molecule has 0 saturated carbocycles. The Morgan fingerprint density at radius 1 is 1.62 bits per heavy atom. The Labute approximate surface area is 78.7 Å². The molecule has 2 heterocycles. The molecule has 66 valence electrons. The highest BCUT2D eigenvalue weighted by atomic mass is 32.1. The number of rotatable bonds is 2. The van der Waals surface area contributed by atoms with E-state index < -0.39 is 0 Å². The summed E-state index contributed by atoms with van der Waals surface area (Å²) in [6.07, 6.45) is 4.89. The van der Waals surface area contributed by atoms with E-state index in [4.69, 9.17) is 10.3 Å². The lowest BCUT2D eigenvalue weighted by atomic mass is 10.5. The molecule has 2 rings (SSSR count). The minimum Gasteiger partial charge on any atom is -0.462 e. The second kappa shape index (κ2) is 3.40. The van der Waals surface area contributed by atoms with Crippen LogP contribution in [0.5, 0.6) is 0 Å². The van der Waals surface area contributed by atoms with Crippen LogP contribution in [0.15, 0.2) is 34.1 Å². The van der Waals surface area contributed by atoms with Gasteiger partial charge in [-0.25, -0.2) is 4.98 Å². The second-order valence-electron chi connectivity index (χ2n) is 2.32. The lowest BCUT2D eigenvalue weighted by Crippen LogP contribution is -1.80. The van der Waals surface area contributed by atoms with Crippen molar-refractivity contribution >= 4 is 17.6 Å². The highest BCUT2D eigenvalue weighted by molar-refractivity contribution is 7.16. The number of hydrazone groups is 1. The van der Waals surface area contributed by atoms with E-state index in [2.05, 4.69) is 10.1 Å². The van der Waals surface area contributed by atoms with Crippen molar-refractivity contribution in [2.45, 2.75) is 0 Å². The molecule has 0 amide bonds. The summed E-state index contributed by atoms with van der Waals surface area (Å²) < 4.78 is 5.18. The normalized spacial score (nSPS) is 11.1. The molecule has 0 aliphatic rings. The lowest BCUT2D eigenvalue weighted by molar-refractivity contribution is 0.582. The number of aromatic nitrogens is 1. The van der Waals surface area contributed by atoms with Crippen LogP contribution < -0.4 is 5.84 Å². The molecule has 0 radical (unpaired) electrons. The van der Waals surface area contributed by atoms with E-state index in [1.807, 2.05) is 12.1 Å². The molecule has 0 unspecified atom stereocenters. The first-order chi connectivity index (χ1) is 6.40. The van der Waals surface area contributed by atoms with Gasteiger partial charge in [0.1, 0.15) is 0 Å². The molecule has 2 aromatic rings. The molecule has 0 spiro atoms. The molecule has 0 aliphatic carbocycles. The van der Waals surface area contributed by atoms with Crippen LogP contribution >= 0.6 is 11.3 Å². The zero-order valence-corrected chi connectivity index (χ0v) is 7.49. The summed E-state index contributed by atoms with van der Waals surface area (Å²) >= 11 is 1.48. The van der Waals surface area contributed by atoms with Gasteiger partial charge in [0.25, 0.3) is 0 Å². The number of hydrogen-bond acceptors (Lipinski definition) is 5. The first-order valence-corrected chi connectivity index (χ1v) is 4.45. The van der Waals surface area contributed by atoms with Crippen LogP contribution in [0.25, 0.3) is 10.8 Å². The van der Waals surface area contributed by atoms with Crippen LogP contribution in [0, 0.1) is 0 Å². The molecule has 0 bridgehead atoms. The zero-order valence-electron chi connectivity index (χ0n) is 6.68. The molecule has 2 N–H and O–H groups in total. The fourth-order valence-electron chi connectivity index (χ4n) is 0.934. The fourth-order valence-corrected chi connectivity index (χ4v) is 1.70. The average Bonchev–Trinajstić information content (AvgIpc) is 2.70. The van der Waals surface area contributed by atoms with Crippen molar-refractivity contribution in [1.82, 2.24) is 4.98 Å². The Kier molecular flexibility index (Phi) is 2.09. The Hall–Kier alpha value is -1.62. The quantitative estimate of drug-likeness (QED) is 0.448. The standard InChI is InChI=1S/C8H7N3OS/c9-11-5-6-4-10-8(13-6)7-2-1-3-12-7/h1-5H,9H2/b11-5+. The predicted molar refractivity (Wildman–Crippen MR) is 51.6 cm³/mol. The third kappa shape index (κ3) is 1.59. The van der Waals surface area contributed by atoms with E-state index in [1.54, 1.807) is 18.7 Å². The van der Waals surface area contributed by atoms with Gasteiger partial charge < -0.3 is 10.3 Å². The van der Waals surface area contributed by atoms with Crippen molar-refractivity contribution in [2.75, 3.05) is 0 Å². The SMILES string of the molecule is N/N=C/c1cnc(-c2ccco2)s1. The molecular formula is C8H7N3OS. The Morgan fingerprint density at radius 2 is 2.54 bits per heavy atom. The zero-order chi connectivity index (χ0) is 9.10. The molecule has 0 fully saturated rings. The summed E-state index contributed by atoms with van der Waals surface area (Å²) in [7, 11) is 0. The van der Waals surface area contributed by atoms with Gasteiger partial charge in [-0.2, -0.15) is 5.10 Å². The topological polar surface area (TPSA) is 64.4 Å². The van der Waals surface area contributed by atoms with Crippen LogP contribution in [0.1, 0.15) is 4.88 Å². The van der Waals surface area contributed by atoms with E-state index in [0.29, 0.717) is 0 Å². The third-order valence-corrected chi connectivity index (χ3v) is 2.40. The molecule has 0 aliphatic heterocycles. The second-order valence-corrected chi connectivity index (χ2v) is 3.39. The van der Waals surface area contributed by atoms with E-state index >= 15 is 0 Å². The van der Waals surface area contributed by atoms with Gasteiger partial charge in [-0.1, -0.05) is 0 Å². The fraction of sp³-hybridized carbons (Fsp3) is 0. The van der Waals surface area contributed by atoms with Crippen molar-refractivity contribution in [3.63, 3.8) is 0 Å². The van der Waals surface area contributed by atoms with Crippen molar-refractivity contribution < 1.29 is 4.42 Å². The van der Waals surface area contributed by atoms with Gasteiger partial charge in [0.05, 0.1) is 17.4 Å². The monoisotopic (exact) mass is 193 g/mol. The smallest absolute Gasteiger partial charge is 0.162 e. The van der Waals surface area contributed by atoms with Crippen LogP contribution in [-0.2, 0) is 0 Å². The maximum absolute atomic E-state index is 5.18. The van der Waals surface area contributed by atoms with E-state index in [9.17, 15) is 0 Å². The minimum atomic E-state index is 0.765. The maximum Gasteiger partial charge on any atom is 0.162 e. The van der Waals surface area contributed by atoms with Crippen LogP contribution in [0.2, 0.25) is 0 Å². The van der Waals surface area contributed by atoms with Gasteiger partial charge in [-0.3, -0.25) is 0 Å². The van der Waals surface area contributed by atoms with Gasteiger partial charge in [-0.05, 0) is 12.1 Å². The Morgan fingerprint density at radius 3 is 3.23 bits per heavy atom. The summed E-state index contributed by atoms with van der Waals surface area (Å²) in [5.41, 5.74) is 0. The first kappa shape index (κ1) is 8.00. The van der Waals surface area contributed by atoms with Crippen molar-refractivity contribution in [3.8, 4) is 10.8 Å². The van der Waals surface area contributed by atoms with Gasteiger partial charge in [0.15, 0.2) is 10.8 Å². The summed E-state index contributed by atoms with van der Waals surface area (Å²) in [4.78, 5) is 5.07. The molecule has 0 aromatic carbocycles. The number of furan rings is 1. The lowest BCUT2D eigenvalue weighted by Gasteiger charge is -1.84. The summed E-state index contributed by atoms with van der Waals surface area (Å²) in [5.74, 6) is 5.78. The Balaban J connectivity index is 2.33. The van der Waals surface area contributed by atoms with E-state index in [-0.39, 0.29) is 0 Å². The van der Waals surface area contributed by atoms with Gasteiger partial charge in [0.2, 0.25) is 0 Å². The van der Waals surface area contributed by atoms with Crippen LogP contribution in [0.4, 0.5) is 0 Å². The summed E-state index contributed by atoms with van der Waals surface area (Å²) in [5, 5.41) is 4.25. The number of nitrogens with two attached hydrogens (primary N) is 1. The van der Waals surface area contributed by atoms with Crippen LogP contribution in [0.3, 0.4) is 0 Å². The Bertz CT molecular complexity index is 405. The van der Waals surface area contributed by atoms with Crippen molar-refractivity contribution in [2.24, 2.45) is 10.9 Å². The average molecular weight is 193 g/mol. The largest absolute Gasteiger partial charge is 0.462 e. The van der Waals surface area contributed by atoms with Crippen LogP contribution in [-0.4, -0.2) is 11.2 Å². The highest BCUT2D eigenvalue weighted by Gasteiger charge is 2.04. The molecular weight excluding hydrogens is 186 g/mol. The summed E-state index contributed by atoms with van der Waals surface area (Å²) in [6.45, 7) is 0. The van der Waals surface area contributed by atoms with Gasteiger partial charge in [0, 0.05) is 6.20 Å². The van der Waals surface area contributed by atoms with Gasteiger partial charge in [-0.15, -0.1) is 11.3 Å². The number of hydrogen-bond donors (Lipinski definition) is 1. The summed E-state index contributed by atoms with van der Waals surface area (Å²) in [6, 6.07) is 3.69. The minimum absolute atomic E-state index is 0.765.